The fraction of sp³-hybridized carbons (Fsp3) is 0.238. The van der Waals surface area contributed by atoms with E-state index in [2.05, 4.69) is 21.0 Å². The van der Waals surface area contributed by atoms with Crippen molar-refractivity contribution in [1.29, 1.82) is 0 Å². The molecule has 0 unspecified atom stereocenters. The highest BCUT2D eigenvalue weighted by Gasteiger charge is 2.44. The van der Waals surface area contributed by atoms with Crippen LogP contribution in [0.4, 0.5) is 24.5 Å². The van der Waals surface area contributed by atoms with Crippen LogP contribution in [0.3, 0.4) is 0 Å². The lowest BCUT2D eigenvalue weighted by Gasteiger charge is -2.26. The van der Waals surface area contributed by atoms with E-state index < -0.39 is 12.1 Å². The molecule has 0 bridgehead atoms. The molecule has 0 saturated carbocycles. The zero-order valence-corrected chi connectivity index (χ0v) is 19.8. The van der Waals surface area contributed by atoms with Crippen LogP contribution in [0, 0.1) is 0 Å². The van der Waals surface area contributed by atoms with Crippen LogP contribution in [0.1, 0.15) is 0 Å². The van der Waals surface area contributed by atoms with Crippen LogP contribution in [0.25, 0.3) is 11.3 Å². The van der Waals surface area contributed by atoms with Gasteiger partial charge in [0.05, 0.1) is 35.4 Å². The molecule has 176 valence electrons. The fourth-order valence-corrected chi connectivity index (χ4v) is 3.83. The number of ether oxygens (including phenoxy) is 2. The number of halogens is 5. The van der Waals surface area contributed by atoms with Gasteiger partial charge in [0.1, 0.15) is 18.1 Å². The molecule has 2 N–H and O–H groups in total. The van der Waals surface area contributed by atoms with Crippen molar-refractivity contribution in [3.63, 3.8) is 0 Å². The van der Waals surface area contributed by atoms with Crippen molar-refractivity contribution in [2.45, 2.75) is 6.18 Å². The summed E-state index contributed by atoms with van der Waals surface area (Å²) in [5.41, 5.74) is 6.13. The average Bonchev–Trinajstić information content (AvgIpc) is 3.11. The van der Waals surface area contributed by atoms with Gasteiger partial charge in [0.2, 0.25) is 0 Å². The van der Waals surface area contributed by atoms with Gasteiger partial charge in [-0.25, -0.2) is 0 Å². The van der Waals surface area contributed by atoms with Crippen LogP contribution < -0.4 is 20.1 Å². The Balaban J connectivity index is 2.27. The van der Waals surface area contributed by atoms with Crippen molar-refractivity contribution in [2.24, 2.45) is 12.8 Å². The maximum absolute atomic E-state index is 13.6. The molecule has 1 aromatic heterocycles. The number of nitrogens with two attached hydrogens (primary N) is 1. The number of nitrogens with zero attached hydrogens (tertiary/aromatic N) is 3. The Labute approximate surface area is 200 Å². The minimum absolute atomic E-state index is 0.0608. The van der Waals surface area contributed by atoms with Gasteiger partial charge >= 0.3 is 12.1 Å². The van der Waals surface area contributed by atoms with Crippen LogP contribution in [0.2, 0.25) is 5.02 Å². The molecule has 12 heteroatoms. The molecule has 3 rings (SSSR count). The summed E-state index contributed by atoms with van der Waals surface area (Å²) in [7, 11) is 2.99. The molecule has 2 aromatic carbocycles. The maximum Gasteiger partial charge on any atom is 0.472 e. The Kier molecular flexibility index (Phi) is 7.55. The summed E-state index contributed by atoms with van der Waals surface area (Å²) in [5, 5.41) is 4.33. The zero-order chi connectivity index (χ0) is 24.3. The van der Waals surface area contributed by atoms with Crippen molar-refractivity contribution >= 4 is 44.8 Å². The van der Waals surface area contributed by atoms with Crippen LogP contribution in [0.15, 0.2) is 47.1 Å². The highest BCUT2D eigenvalue weighted by molar-refractivity contribution is 9.10. The number of anilines is 2. The summed E-state index contributed by atoms with van der Waals surface area (Å²) >= 11 is 9.52. The molecule has 1 heterocycles. The summed E-state index contributed by atoms with van der Waals surface area (Å²) < 4.78 is 53.4. The maximum atomic E-state index is 13.6. The van der Waals surface area contributed by atoms with Gasteiger partial charge in [-0.3, -0.25) is 14.4 Å². The topological polar surface area (TPSA) is 82.6 Å². The molecule has 0 aliphatic heterocycles. The highest BCUT2D eigenvalue weighted by Crippen LogP contribution is 2.42. The minimum Gasteiger partial charge on any atom is -0.497 e. The van der Waals surface area contributed by atoms with E-state index in [0.717, 1.165) is 0 Å². The lowest BCUT2D eigenvalue weighted by Crippen LogP contribution is -2.38. The van der Waals surface area contributed by atoms with Crippen molar-refractivity contribution in [1.82, 2.24) is 9.78 Å². The third-order valence-corrected chi connectivity index (χ3v) is 5.53. The van der Waals surface area contributed by atoms with Crippen molar-refractivity contribution < 1.29 is 27.4 Å². The molecule has 0 atom stereocenters. The van der Waals surface area contributed by atoms with Crippen LogP contribution in [-0.2, 0) is 11.8 Å². The molecule has 0 aliphatic carbocycles. The van der Waals surface area contributed by atoms with E-state index in [9.17, 15) is 18.0 Å². The Hall–Kier alpha value is -2.76. The third-order valence-electron chi connectivity index (χ3n) is 4.59. The second-order valence-corrected chi connectivity index (χ2v) is 8.00. The minimum atomic E-state index is -5.15. The van der Waals surface area contributed by atoms with E-state index in [1.807, 2.05) is 0 Å². The van der Waals surface area contributed by atoms with Gasteiger partial charge in [0, 0.05) is 29.7 Å². The average molecular weight is 548 g/mol. The number of amides is 1. The third kappa shape index (κ3) is 5.26. The first-order valence-electron chi connectivity index (χ1n) is 9.48. The van der Waals surface area contributed by atoms with E-state index >= 15 is 0 Å². The molecule has 0 spiro atoms. The number of benzene rings is 2. The molecule has 33 heavy (non-hydrogen) atoms. The first-order valence-corrected chi connectivity index (χ1v) is 10.6. The van der Waals surface area contributed by atoms with Crippen molar-refractivity contribution in [2.75, 3.05) is 25.2 Å². The van der Waals surface area contributed by atoms with E-state index in [-0.39, 0.29) is 39.8 Å². The van der Waals surface area contributed by atoms with Crippen LogP contribution in [-0.4, -0.2) is 42.1 Å². The summed E-state index contributed by atoms with van der Waals surface area (Å²) in [6.07, 6.45) is -3.75. The van der Waals surface area contributed by atoms with E-state index in [0.29, 0.717) is 21.9 Å². The number of rotatable bonds is 7. The molecular weight excluding hydrogens is 529 g/mol. The van der Waals surface area contributed by atoms with Gasteiger partial charge in [0.15, 0.2) is 0 Å². The number of carbonyl (C=O) groups is 1. The molecule has 0 aliphatic rings. The first-order chi connectivity index (χ1) is 15.6. The fourth-order valence-electron chi connectivity index (χ4n) is 3.13. The Bertz CT molecular complexity index is 1150. The summed E-state index contributed by atoms with van der Waals surface area (Å²) in [6, 6.07) is 8.54. The SMILES string of the molecule is COc1ccc(Br)c(N(C(=O)C(F)(F)F)c2ccc(OCCN)c(-c3c(Cl)cnn3C)c2)c1. The number of aryl methyl sites for hydroxylation is 1. The smallest absolute Gasteiger partial charge is 0.472 e. The van der Waals surface area contributed by atoms with E-state index in [1.165, 1.54) is 48.3 Å². The Morgan fingerprint density at radius 2 is 2.00 bits per heavy atom. The quantitative estimate of drug-likeness (QED) is 0.446. The summed E-state index contributed by atoms with van der Waals surface area (Å²) in [4.78, 5) is 13.1. The van der Waals surface area contributed by atoms with Gasteiger partial charge in [-0.2, -0.15) is 18.3 Å². The van der Waals surface area contributed by atoms with Crippen molar-refractivity contribution in [3.8, 4) is 22.8 Å². The summed E-state index contributed by atoms with van der Waals surface area (Å²) in [6.45, 7) is 0.379. The number of carbonyl (C=O) groups excluding carboxylic acids is 1. The van der Waals surface area contributed by atoms with E-state index in [1.54, 1.807) is 13.1 Å². The first kappa shape index (κ1) is 24.9. The van der Waals surface area contributed by atoms with Gasteiger partial charge in [0.25, 0.3) is 0 Å². The largest absolute Gasteiger partial charge is 0.497 e. The number of hydrogen-bond donors (Lipinski definition) is 1. The van der Waals surface area contributed by atoms with Crippen molar-refractivity contribution in [3.05, 3.63) is 52.1 Å². The number of aromatic nitrogens is 2. The van der Waals surface area contributed by atoms with Gasteiger partial charge in [-0.05, 0) is 46.3 Å². The normalized spacial score (nSPS) is 11.4. The number of hydrogen-bond acceptors (Lipinski definition) is 5. The van der Waals surface area contributed by atoms with Gasteiger partial charge in [-0.15, -0.1) is 0 Å². The molecule has 1 amide bonds. The summed E-state index contributed by atoms with van der Waals surface area (Å²) in [5.74, 6) is -1.50. The Morgan fingerprint density at radius 1 is 1.27 bits per heavy atom. The molecule has 0 radical (unpaired) electrons. The molecule has 7 nitrogen and oxygen atoms in total. The monoisotopic (exact) mass is 546 g/mol. The number of methoxy groups -OCH3 is 1. The lowest BCUT2D eigenvalue weighted by molar-refractivity contribution is -0.169. The molecule has 0 saturated heterocycles. The Morgan fingerprint density at radius 3 is 2.58 bits per heavy atom. The lowest BCUT2D eigenvalue weighted by atomic mass is 10.1. The highest BCUT2D eigenvalue weighted by atomic mass is 79.9. The second-order valence-electron chi connectivity index (χ2n) is 6.74. The standard InChI is InChI=1S/C21H19BrClF3N4O3/c1-29-19(16(23)11-28-29)14-9-12(3-6-18(14)33-8-7-27)30(20(31)21(24,25)26)17-10-13(32-2)4-5-15(17)22/h3-6,9-11H,7-8,27H2,1-2H3. The molecule has 3 aromatic rings. The molecular formula is C21H19BrClF3N4O3. The number of alkyl halides is 3. The second kappa shape index (κ2) is 10.0. The zero-order valence-electron chi connectivity index (χ0n) is 17.5. The predicted molar refractivity (Wildman–Crippen MR) is 122 cm³/mol. The predicted octanol–water partition coefficient (Wildman–Crippen LogP) is 5.08. The van der Waals surface area contributed by atoms with Gasteiger partial charge in [-0.1, -0.05) is 11.6 Å². The van der Waals surface area contributed by atoms with Crippen LogP contribution in [0.5, 0.6) is 11.5 Å². The van der Waals surface area contributed by atoms with Crippen LogP contribution >= 0.6 is 27.5 Å². The van der Waals surface area contributed by atoms with Gasteiger partial charge < -0.3 is 15.2 Å². The molecule has 0 fully saturated rings. The van der Waals surface area contributed by atoms with E-state index in [4.69, 9.17) is 26.8 Å².